The Bertz CT molecular complexity index is 585. The number of amides is 3. The Labute approximate surface area is 175 Å². The molecule has 0 spiro atoms. The molecular weight excluding hydrogens is 356 g/mol. The van der Waals surface area contributed by atoms with Crippen molar-refractivity contribution in [2.75, 3.05) is 0 Å². The monoisotopic (exact) mass is 402 g/mol. The molecule has 0 heterocycles. The lowest BCUT2D eigenvalue weighted by molar-refractivity contribution is -0.124. The van der Waals surface area contributed by atoms with Crippen LogP contribution in [0.4, 0.5) is 4.79 Å². The van der Waals surface area contributed by atoms with Crippen LogP contribution in [-0.2, 0) is 9.59 Å². The molecule has 7 heteroatoms. The van der Waals surface area contributed by atoms with E-state index in [1.165, 1.54) is 0 Å². The molecule has 0 unspecified atom stereocenters. The Kier molecular flexibility index (Phi) is 12.1. The number of nitrogens with one attached hydrogen (secondary N) is 4. The molecule has 0 saturated carbocycles. The van der Waals surface area contributed by atoms with E-state index in [-0.39, 0.29) is 35.3 Å². The first-order chi connectivity index (χ1) is 13.0. The SMILES string of the molecule is C=C(/C=C\C)C[C@H](NC(C)C)C(=O)NNC(=O)N[C@H](CC(C)C)C(=O)C(C)C.[HH].[HH].[HH].[HH]. The first-order valence-electron chi connectivity index (χ1n) is 9.94. The van der Waals surface area contributed by atoms with Crippen molar-refractivity contribution in [1.29, 1.82) is 0 Å². The van der Waals surface area contributed by atoms with Gasteiger partial charge in [-0.15, -0.1) is 0 Å². The van der Waals surface area contributed by atoms with Crippen molar-refractivity contribution in [1.82, 2.24) is 21.5 Å². The lowest BCUT2D eigenvalue weighted by Crippen LogP contribution is -2.56. The zero-order valence-electron chi connectivity index (χ0n) is 18.4. The molecule has 28 heavy (non-hydrogen) atoms. The van der Waals surface area contributed by atoms with Crippen molar-refractivity contribution in [2.45, 2.75) is 79.4 Å². The van der Waals surface area contributed by atoms with Crippen molar-refractivity contribution < 1.29 is 20.1 Å². The summed E-state index contributed by atoms with van der Waals surface area (Å²) in [6.45, 7) is 17.3. The molecule has 4 N–H and O–H groups in total. The maximum atomic E-state index is 12.5. The van der Waals surface area contributed by atoms with Gasteiger partial charge in [0.2, 0.25) is 0 Å². The standard InChI is InChI=1S/C21H38N4O3.4H2/c1-9-10-16(8)12-18(22-15(6)7)20(27)24-25-21(28)23-17(11-13(2)3)19(26)14(4)5;;;;/h9-10,13-15,17-18,22H,8,11-12H2,1-7H3,(H,24,27)(H2,23,25,28);4*1H/b10-9-;;;;/t17-,18+;;;;/m1..../s1. The summed E-state index contributed by atoms with van der Waals surface area (Å²) in [7, 11) is 0. The molecule has 0 radical (unpaired) electrons. The van der Waals surface area contributed by atoms with Crippen LogP contribution in [0.1, 0.15) is 67.0 Å². The summed E-state index contributed by atoms with van der Waals surface area (Å²) in [5.41, 5.74) is 5.58. The van der Waals surface area contributed by atoms with E-state index >= 15 is 0 Å². The van der Waals surface area contributed by atoms with Crippen molar-refractivity contribution >= 4 is 17.7 Å². The highest BCUT2D eigenvalue weighted by atomic mass is 16.2. The van der Waals surface area contributed by atoms with Gasteiger partial charge in [0.15, 0.2) is 5.78 Å². The van der Waals surface area contributed by atoms with Crippen LogP contribution < -0.4 is 21.5 Å². The molecule has 7 nitrogen and oxygen atoms in total. The van der Waals surface area contributed by atoms with Gasteiger partial charge in [-0.1, -0.05) is 65.8 Å². The molecule has 0 saturated heterocycles. The van der Waals surface area contributed by atoms with E-state index in [1.54, 1.807) is 13.8 Å². The van der Waals surface area contributed by atoms with Crippen molar-refractivity contribution in [3.63, 3.8) is 0 Å². The Morgan fingerprint density at radius 2 is 1.61 bits per heavy atom. The zero-order chi connectivity index (χ0) is 21.9. The lowest BCUT2D eigenvalue weighted by atomic mass is 9.94. The molecule has 0 fully saturated rings. The third-order valence-electron chi connectivity index (χ3n) is 3.94. The fourth-order valence-corrected chi connectivity index (χ4v) is 2.72. The summed E-state index contributed by atoms with van der Waals surface area (Å²) < 4.78 is 0. The first-order valence-corrected chi connectivity index (χ1v) is 9.94. The average Bonchev–Trinajstić information content (AvgIpc) is 2.57. The van der Waals surface area contributed by atoms with Gasteiger partial charge in [-0.3, -0.25) is 15.0 Å². The predicted octanol–water partition coefficient (Wildman–Crippen LogP) is 3.83. The minimum absolute atomic E-state index is 0. The molecule has 0 aromatic heterocycles. The Morgan fingerprint density at radius 3 is 2.07 bits per heavy atom. The Morgan fingerprint density at radius 1 is 1.00 bits per heavy atom. The zero-order valence-corrected chi connectivity index (χ0v) is 18.4. The molecule has 0 aromatic carbocycles. The van der Waals surface area contributed by atoms with Gasteiger partial charge in [0.05, 0.1) is 12.1 Å². The van der Waals surface area contributed by atoms with Gasteiger partial charge in [0.1, 0.15) is 0 Å². The van der Waals surface area contributed by atoms with E-state index in [0.29, 0.717) is 12.8 Å². The van der Waals surface area contributed by atoms with E-state index < -0.39 is 18.1 Å². The second-order valence-corrected chi connectivity index (χ2v) is 8.06. The maximum Gasteiger partial charge on any atom is 0.334 e. The van der Waals surface area contributed by atoms with Gasteiger partial charge >= 0.3 is 6.03 Å². The Balaban J connectivity index is -0.000000607. The summed E-state index contributed by atoms with van der Waals surface area (Å²) in [6, 6.07) is -1.64. The fraction of sp³-hybridized carbons (Fsp3) is 0.667. The summed E-state index contributed by atoms with van der Waals surface area (Å²) in [5, 5.41) is 5.82. The predicted molar refractivity (Wildman–Crippen MR) is 122 cm³/mol. The molecule has 0 rings (SSSR count). The molecule has 0 bridgehead atoms. The van der Waals surface area contributed by atoms with E-state index in [9.17, 15) is 14.4 Å². The Hall–Kier alpha value is -2.15. The maximum absolute atomic E-state index is 12.5. The van der Waals surface area contributed by atoms with Crippen LogP contribution in [0.2, 0.25) is 0 Å². The number of allylic oxidation sites excluding steroid dienone is 2. The number of hydrogen-bond donors (Lipinski definition) is 4. The highest BCUT2D eigenvalue weighted by molar-refractivity contribution is 5.90. The largest absolute Gasteiger partial charge is 0.334 e. The van der Waals surface area contributed by atoms with E-state index in [1.807, 2.05) is 46.8 Å². The van der Waals surface area contributed by atoms with E-state index in [2.05, 4.69) is 28.1 Å². The number of urea groups is 1. The molecule has 0 aliphatic heterocycles. The smallest absolute Gasteiger partial charge is 0.327 e. The second kappa shape index (κ2) is 13.1. The third kappa shape index (κ3) is 10.9. The summed E-state index contributed by atoms with van der Waals surface area (Å²) >= 11 is 0. The molecule has 3 amide bonds. The topological polar surface area (TPSA) is 99.3 Å². The van der Waals surface area contributed by atoms with Crippen LogP contribution in [-0.4, -0.2) is 35.8 Å². The number of rotatable bonds is 11. The van der Waals surface area contributed by atoms with Gasteiger partial charge in [-0.05, 0) is 25.7 Å². The van der Waals surface area contributed by atoms with Crippen LogP contribution in [0.15, 0.2) is 24.3 Å². The van der Waals surface area contributed by atoms with Gasteiger partial charge in [0, 0.05) is 17.7 Å². The number of carbonyl (C=O) groups is 3. The van der Waals surface area contributed by atoms with Crippen LogP contribution in [0.3, 0.4) is 0 Å². The highest BCUT2D eigenvalue weighted by Gasteiger charge is 2.25. The van der Waals surface area contributed by atoms with Gasteiger partial charge in [0.25, 0.3) is 5.91 Å². The average molecular weight is 403 g/mol. The number of ketones is 1. The first kappa shape index (κ1) is 25.9. The highest BCUT2D eigenvalue weighted by Crippen LogP contribution is 2.10. The number of carbonyl (C=O) groups excluding carboxylic acids is 3. The minimum atomic E-state index is -0.608. The summed E-state index contributed by atoms with van der Waals surface area (Å²) in [5.74, 6) is -0.335. The lowest BCUT2D eigenvalue weighted by Gasteiger charge is -2.23. The quantitative estimate of drug-likeness (QED) is 0.312. The van der Waals surface area contributed by atoms with Crippen molar-refractivity contribution in [3.8, 4) is 0 Å². The molecule has 0 aliphatic carbocycles. The number of hydrazine groups is 1. The van der Waals surface area contributed by atoms with Crippen LogP contribution in [0.25, 0.3) is 0 Å². The van der Waals surface area contributed by atoms with Crippen molar-refractivity contribution in [2.24, 2.45) is 11.8 Å². The van der Waals surface area contributed by atoms with E-state index in [4.69, 9.17) is 0 Å². The number of hydrogen-bond acceptors (Lipinski definition) is 4. The van der Waals surface area contributed by atoms with Gasteiger partial charge < -0.3 is 10.6 Å². The molecular formula is C21H46N4O3. The summed E-state index contributed by atoms with van der Waals surface area (Å²) in [4.78, 5) is 37.0. The van der Waals surface area contributed by atoms with Crippen LogP contribution >= 0.6 is 0 Å². The second-order valence-electron chi connectivity index (χ2n) is 8.06. The van der Waals surface area contributed by atoms with Crippen LogP contribution in [0.5, 0.6) is 0 Å². The van der Waals surface area contributed by atoms with Gasteiger partial charge in [-0.2, -0.15) is 0 Å². The molecule has 2 atom stereocenters. The molecule has 0 aliphatic rings. The minimum Gasteiger partial charge on any atom is -0.327 e. The number of Topliss-reactive ketones (excluding diaryl/α,β-unsaturated/α-hetero) is 1. The van der Waals surface area contributed by atoms with E-state index in [0.717, 1.165) is 5.57 Å². The normalized spacial score (nSPS) is 13.6. The van der Waals surface area contributed by atoms with Crippen LogP contribution in [0, 0.1) is 11.8 Å². The molecule has 0 aromatic rings. The molecule has 168 valence electrons. The fourth-order valence-electron chi connectivity index (χ4n) is 2.72. The van der Waals surface area contributed by atoms with Crippen molar-refractivity contribution in [3.05, 3.63) is 24.3 Å². The summed E-state index contributed by atoms with van der Waals surface area (Å²) in [6.07, 6.45) is 4.66. The third-order valence-corrected chi connectivity index (χ3v) is 3.94. The van der Waals surface area contributed by atoms with Gasteiger partial charge in [-0.25, -0.2) is 10.2 Å².